The van der Waals surface area contributed by atoms with Gasteiger partial charge >= 0.3 is 26.2 Å². The summed E-state index contributed by atoms with van der Waals surface area (Å²) in [6.45, 7) is 15.4. The van der Waals surface area contributed by atoms with E-state index >= 15 is 0 Å². The van der Waals surface area contributed by atoms with Crippen LogP contribution in [0.2, 0.25) is 13.1 Å². The van der Waals surface area contributed by atoms with E-state index in [2.05, 4.69) is 47.7 Å². The minimum atomic E-state index is 0. The number of hydrogen-bond acceptors (Lipinski definition) is 0. The summed E-state index contributed by atoms with van der Waals surface area (Å²) in [5, 5.41) is 0. The first-order valence-corrected chi connectivity index (χ1v) is 10.5. The van der Waals surface area contributed by atoms with Gasteiger partial charge < -0.3 is 0 Å². The van der Waals surface area contributed by atoms with Crippen molar-refractivity contribution in [3.8, 4) is 0 Å². The third-order valence-corrected chi connectivity index (χ3v) is 3.92. The minimum absolute atomic E-state index is 0. The zero-order chi connectivity index (χ0) is 17.7. The molecule has 144 valence electrons. The molecule has 0 saturated heterocycles. The molecule has 0 N–H and O–H groups in total. The molecule has 3 aromatic carbocycles. The van der Waals surface area contributed by atoms with Crippen LogP contribution in [0.4, 0.5) is 0 Å². The molecule has 0 aliphatic rings. The zero-order valence-electron chi connectivity index (χ0n) is 17.2. The van der Waals surface area contributed by atoms with Crippen LogP contribution in [-0.2, 0) is 26.2 Å². The van der Waals surface area contributed by atoms with E-state index < -0.39 is 0 Å². The van der Waals surface area contributed by atoms with Crippen molar-refractivity contribution in [2.24, 2.45) is 0 Å². The van der Waals surface area contributed by atoms with Gasteiger partial charge in [-0.2, -0.15) is 64.2 Å². The van der Waals surface area contributed by atoms with Crippen LogP contribution in [0.5, 0.6) is 0 Å². The summed E-state index contributed by atoms with van der Waals surface area (Å²) in [5.74, 6) is 0. The van der Waals surface area contributed by atoms with Crippen molar-refractivity contribution < 1.29 is 26.2 Å². The van der Waals surface area contributed by atoms with Crippen molar-refractivity contribution in [2.75, 3.05) is 0 Å². The van der Waals surface area contributed by atoms with E-state index in [1.165, 1.54) is 27.8 Å². The summed E-state index contributed by atoms with van der Waals surface area (Å²) in [5.41, 5.74) is 7.34. The van der Waals surface area contributed by atoms with Gasteiger partial charge in [-0.15, -0.1) is 34.0 Å². The molecule has 3 aromatic rings. The molecule has 0 saturated carbocycles. The number of hydrogen-bond donors (Lipinski definition) is 0. The molecule has 0 unspecified atom stereocenters. The SMILES string of the molecule is Br.Br.C[SiH]C.Cc1c(C)c(C)[c-](C)c1C.[Zr+3].c1cc[cH-]c1.c1cc[cH-]c1. The van der Waals surface area contributed by atoms with Crippen molar-refractivity contribution in [3.05, 3.63) is 88.5 Å². The van der Waals surface area contributed by atoms with Gasteiger partial charge in [0.2, 0.25) is 0 Å². The van der Waals surface area contributed by atoms with Gasteiger partial charge in [-0.05, 0) is 0 Å². The van der Waals surface area contributed by atoms with Gasteiger partial charge in [0.25, 0.3) is 0 Å². The molecule has 2 radical (unpaired) electrons. The summed E-state index contributed by atoms with van der Waals surface area (Å²) in [4.78, 5) is 0. The fraction of sp³-hybridized carbons (Fsp3) is 0.318. The van der Waals surface area contributed by atoms with Crippen LogP contribution in [-0.4, -0.2) is 9.52 Å². The Bertz CT molecular complexity index is 456. The summed E-state index contributed by atoms with van der Waals surface area (Å²) in [7, 11) is 0.750. The topological polar surface area (TPSA) is 0 Å². The van der Waals surface area contributed by atoms with E-state index in [1.807, 2.05) is 60.7 Å². The van der Waals surface area contributed by atoms with Crippen molar-refractivity contribution in [1.29, 1.82) is 0 Å². The predicted octanol–water partition coefficient (Wildman–Crippen LogP) is 7.43. The molecule has 0 bridgehead atoms. The maximum atomic E-state index is 2.21. The van der Waals surface area contributed by atoms with Crippen LogP contribution in [0.25, 0.3) is 0 Å². The van der Waals surface area contributed by atoms with Crippen LogP contribution in [0, 0.1) is 34.6 Å². The maximum Gasteiger partial charge on any atom is 3.00 e. The molecular formula is C22H34Br2SiZr. The second-order valence-corrected chi connectivity index (χ2v) is 6.78. The molecule has 0 nitrogen and oxygen atoms in total. The molecule has 0 aliphatic heterocycles. The van der Waals surface area contributed by atoms with Gasteiger partial charge in [0.15, 0.2) is 0 Å². The van der Waals surface area contributed by atoms with E-state index in [4.69, 9.17) is 0 Å². The van der Waals surface area contributed by atoms with Gasteiger partial charge in [-0.3, -0.25) is 0 Å². The quantitative estimate of drug-likeness (QED) is 0.193. The Morgan fingerprint density at radius 3 is 1.00 bits per heavy atom. The fourth-order valence-corrected chi connectivity index (χ4v) is 2.05. The fourth-order valence-electron chi connectivity index (χ4n) is 2.05. The van der Waals surface area contributed by atoms with E-state index in [-0.39, 0.29) is 60.2 Å². The van der Waals surface area contributed by atoms with Crippen LogP contribution < -0.4 is 0 Å². The second-order valence-electron chi connectivity index (χ2n) is 5.63. The van der Waals surface area contributed by atoms with Crippen molar-refractivity contribution >= 4 is 43.5 Å². The molecule has 0 heterocycles. The third-order valence-electron chi connectivity index (χ3n) is 3.92. The van der Waals surface area contributed by atoms with E-state index in [0.29, 0.717) is 0 Å². The summed E-state index contributed by atoms with van der Waals surface area (Å²) < 4.78 is 0. The molecular weight excluding hydrogens is 543 g/mol. The minimum Gasteiger partial charge on any atom is -0.214 e. The maximum absolute atomic E-state index is 2.21. The zero-order valence-corrected chi connectivity index (χ0v) is 24.2. The molecule has 0 aromatic heterocycles. The summed E-state index contributed by atoms with van der Waals surface area (Å²) in [6, 6.07) is 20.0. The molecule has 0 atom stereocenters. The van der Waals surface area contributed by atoms with Gasteiger partial charge in [-0.1, -0.05) is 47.7 Å². The molecule has 3 rings (SSSR count). The molecule has 0 spiro atoms. The first-order chi connectivity index (χ1) is 11.0. The van der Waals surface area contributed by atoms with Crippen LogP contribution in [0.1, 0.15) is 27.8 Å². The van der Waals surface area contributed by atoms with Crippen LogP contribution in [0.3, 0.4) is 0 Å². The monoisotopic (exact) mass is 574 g/mol. The number of rotatable bonds is 0. The Labute approximate surface area is 204 Å². The molecule has 0 aliphatic carbocycles. The summed E-state index contributed by atoms with van der Waals surface area (Å²) >= 11 is 0. The standard InChI is InChI=1S/C10H15.2C5H5.C2H7Si.2BrH.Zr/c1-6-7(2)9(4)10(5)8(6)3;2*1-2-4-5-3-1;1-3-2;;;/h1-5H3;2*1-5H;3H,1-2H3;2*1H;/q3*-1;;;;+3. The first kappa shape index (κ1) is 33.7. The average Bonchev–Trinajstić information content (AvgIpc) is 3.31. The molecule has 26 heavy (non-hydrogen) atoms. The molecule has 4 heteroatoms. The Hall–Kier alpha value is 0.110. The number of halogens is 2. The van der Waals surface area contributed by atoms with E-state index in [9.17, 15) is 0 Å². The molecule has 0 fully saturated rings. The summed E-state index contributed by atoms with van der Waals surface area (Å²) in [6.07, 6.45) is 0. The molecule has 0 amide bonds. The Morgan fingerprint density at radius 1 is 0.692 bits per heavy atom. The van der Waals surface area contributed by atoms with Crippen molar-refractivity contribution in [2.45, 2.75) is 47.7 Å². The predicted molar refractivity (Wildman–Crippen MR) is 129 cm³/mol. The largest absolute Gasteiger partial charge is 3.00 e. The van der Waals surface area contributed by atoms with Gasteiger partial charge in [0, 0.05) is 9.52 Å². The second kappa shape index (κ2) is 21.4. The van der Waals surface area contributed by atoms with Crippen molar-refractivity contribution in [3.63, 3.8) is 0 Å². The van der Waals surface area contributed by atoms with Gasteiger partial charge in [0.05, 0.1) is 0 Å². The van der Waals surface area contributed by atoms with Crippen LogP contribution in [0.15, 0.2) is 60.7 Å². The smallest absolute Gasteiger partial charge is 0.214 e. The first-order valence-electron chi connectivity index (χ1n) is 8.24. The Balaban J connectivity index is -0.000000131. The van der Waals surface area contributed by atoms with E-state index in [1.54, 1.807) is 0 Å². The van der Waals surface area contributed by atoms with E-state index in [0.717, 1.165) is 9.52 Å². The van der Waals surface area contributed by atoms with Crippen molar-refractivity contribution in [1.82, 2.24) is 0 Å². The third kappa shape index (κ3) is 14.2. The van der Waals surface area contributed by atoms with Gasteiger partial charge in [0.1, 0.15) is 0 Å². The Morgan fingerprint density at radius 2 is 0.923 bits per heavy atom. The normalized spacial score (nSPS) is 7.81. The van der Waals surface area contributed by atoms with Crippen LogP contribution >= 0.6 is 34.0 Å². The van der Waals surface area contributed by atoms with Gasteiger partial charge in [-0.25, -0.2) is 24.3 Å². The Kier molecular flexibility index (Phi) is 27.7. The average molecular weight is 578 g/mol.